The second-order valence-corrected chi connectivity index (χ2v) is 16.4. The highest BCUT2D eigenvalue weighted by Crippen LogP contribution is 2.48. The molecular weight excluding hydrogens is 735 g/mol. The van der Waals surface area contributed by atoms with Crippen molar-refractivity contribution in [1.29, 1.82) is 0 Å². The van der Waals surface area contributed by atoms with Crippen molar-refractivity contribution in [3.05, 3.63) is 258 Å². The third kappa shape index (κ3) is 7.96. The minimum atomic E-state index is 0.272. The van der Waals surface area contributed by atoms with Gasteiger partial charge in [0.15, 0.2) is 0 Å². The monoisotopic (exact) mass is 785 g/mol. The summed E-state index contributed by atoms with van der Waals surface area (Å²) in [7, 11) is 0. The maximum atomic E-state index is 4.56. The first kappa shape index (κ1) is 39.3. The molecule has 1 heteroatoms. The molecule has 8 aromatic carbocycles. The molecule has 0 spiro atoms. The van der Waals surface area contributed by atoms with Crippen LogP contribution in [-0.2, 0) is 0 Å². The van der Waals surface area contributed by atoms with Crippen LogP contribution < -0.4 is 4.90 Å². The van der Waals surface area contributed by atoms with Crippen LogP contribution in [0.5, 0.6) is 0 Å². The summed E-state index contributed by atoms with van der Waals surface area (Å²) in [4.78, 5) is 2.50. The first-order valence-electron chi connectivity index (χ1n) is 21.4. The van der Waals surface area contributed by atoms with E-state index in [-0.39, 0.29) is 6.04 Å². The van der Waals surface area contributed by atoms with E-state index >= 15 is 0 Å². The van der Waals surface area contributed by atoms with Gasteiger partial charge in [-0.15, -0.1) is 0 Å². The van der Waals surface area contributed by atoms with Crippen LogP contribution in [0.3, 0.4) is 0 Å². The Labute approximate surface area is 361 Å². The van der Waals surface area contributed by atoms with Crippen LogP contribution in [0.1, 0.15) is 51.8 Å². The Morgan fingerprint density at radius 1 is 0.541 bits per heavy atom. The zero-order valence-corrected chi connectivity index (χ0v) is 35.5. The van der Waals surface area contributed by atoms with Crippen LogP contribution in [0, 0.1) is 20.8 Å². The number of aryl methyl sites for hydroxylation is 3. The number of hydrogen-bond acceptors (Lipinski definition) is 1. The quantitative estimate of drug-likeness (QED) is 0.115. The molecule has 0 aromatic heterocycles. The molecule has 0 radical (unpaired) electrons. The molecule has 296 valence electrons. The number of anilines is 2. The Morgan fingerprint density at radius 3 is 1.92 bits per heavy atom. The van der Waals surface area contributed by atoms with Gasteiger partial charge in [-0.05, 0) is 141 Å². The van der Waals surface area contributed by atoms with Crippen molar-refractivity contribution >= 4 is 49.6 Å². The van der Waals surface area contributed by atoms with Gasteiger partial charge in [0.05, 0.1) is 6.04 Å². The van der Waals surface area contributed by atoms with Gasteiger partial charge in [-0.25, -0.2) is 0 Å². The fourth-order valence-electron chi connectivity index (χ4n) is 9.16. The summed E-state index contributed by atoms with van der Waals surface area (Å²) in [5, 5.41) is 5.01. The number of rotatable bonds is 7. The molecule has 1 aliphatic carbocycles. The fraction of sp³-hybridized carbons (Fsp3) is 0.100. The zero-order valence-electron chi connectivity index (χ0n) is 35.5. The van der Waals surface area contributed by atoms with Gasteiger partial charge in [0, 0.05) is 17.3 Å². The molecule has 8 aromatic rings. The molecule has 10 rings (SSSR count). The normalized spacial score (nSPS) is 15.6. The van der Waals surface area contributed by atoms with Crippen molar-refractivity contribution in [3.63, 3.8) is 0 Å². The molecule has 1 heterocycles. The number of fused-ring (bicyclic) bond motifs is 6. The first-order valence-corrected chi connectivity index (χ1v) is 21.4. The molecular formula is C60H51N. The average Bonchev–Trinajstić information content (AvgIpc) is 3.64. The van der Waals surface area contributed by atoms with Gasteiger partial charge in [-0.3, -0.25) is 0 Å². The lowest BCUT2D eigenvalue weighted by Gasteiger charge is -2.29. The summed E-state index contributed by atoms with van der Waals surface area (Å²) in [5.74, 6) is 0.361. The maximum absolute atomic E-state index is 4.56. The van der Waals surface area contributed by atoms with Crippen molar-refractivity contribution in [1.82, 2.24) is 0 Å². The van der Waals surface area contributed by atoms with Crippen molar-refractivity contribution in [2.75, 3.05) is 4.90 Å². The van der Waals surface area contributed by atoms with E-state index in [9.17, 15) is 0 Å². The van der Waals surface area contributed by atoms with Gasteiger partial charge >= 0.3 is 0 Å². The Balaban J connectivity index is 0.000000288. The summed E-state index contributed by atoms with van der Waals surface area (Å²) in [5.41, 5.74) is 17.4. The highest BCUT2D eigenvalue weighted by Gasteiger charge is 2.37. The van der Waals surface area contributed by atoms with E-state index < -0.39 is 0 Å². The molecule has 2 aliphatic rings. The van der Waals surface area contributed by atoms with Gasteiger partial charge in [0.2, 0.25) is 0 Å². The second kappa shape index (κ2) is 17.2. The van der Waals surface area contributed by atoms with Crippen molar-refractivity contribution in [3.8, 4) is 11.1 Å². The third-order valence-corrected chi connectivity index (χ3v) is 12.3. The lowest BCUT2D eigenvalue weighted by molar-refractivity contribution is 0.744. The van der Waals surface area contributed by atoms with E-state index in [0.29, 0.717) is 5.92 Å². The smallest absolute Gasteiger partial charge is 0.0629 e. The molecule has 0 fully saturated rings. The standard InChI is InChI=1S/C46H37N.C14H14/c1-31-14-12-16-34(26-31)32(2)27-37(44-30-36-15-4-5-19-39(36)40-20-6-7-21-41(40)44)28-33(3)35-17-13-18-38(29-35)47-45-24-10-8-22-42(45)43-23-9-11-25-46(43)47;1-11-7-3-5-9-13(11)14-10-6-4-8-12(14)2/h4-30,42,45H,2H2,1,3H3;3-10H,1-2H3/b33-28+,37-27+;. The molecule has 2 atom stereocenters. The molecule has 61 heavy (non-hydrogen) atoms. The Hall–Kier alpha value is -7.22. The molecule has 0 N–H and O–H groups in total. The zero-order chi connectivity index (χ0) is 41.9. The van der Waals surface area contributed by atoms with E-state index in [1.807, 2.05) is 0 Å². The number of benzene rings is 8. The molecule has 2 unspecified atom stereocenters. The van der Waals surface area contributed by atoms with E-state index in [1.54, 1.807) is 0 Å². The van der Waals surface area contributed by atoms with Gasteiger partial charge in [-0.1, -0.05) is 194 Å². The van der Waals surface area contributed by atoms with E-state index in [1.165, 1.54) is 83.0 Å². The SMILES string of the molecule is C=C(/C=C(\C=C(/C)c1cccc(N2c3ccccc3C3C=CC=CC32)c1)c1cc2ccccc2c2ccccc12)c1cccc(C)c1.Cc1ccccc1-c1ccccc1C. The lowest BCUT2D eigenvalue weighted by atomic mass is 9.90. The highest BCUT2D eigenvalue weighted by molar-refractivity contribution is 6.13. The maximum Gasteiger partial charge on any atom is 0.0629 e. The summed E-state index contributed by atoms with van der Waals surface area (Å²) in [6.45, 7) is 13.2. The van der Waals surface area contributed by atoms with Gasteiger partial charge in [-0.2, -0.15) is 0 Å². The summed E-state index contributed by atoms with van der Waals surface area (Å²) in [6, 6.07) is 63.6. The average molecular weight is 786 g/mol. The van der Waals surface area contributed by atoms with Crippen LogP contribution in [0.25, 0.3) is 49.4 Å². The Morgan fingerprint density at radius 2 is 1.16 bits per heavy atom. The van der Waals surface area contributed by atoms with Crippen molar-refractivity contribution in [2.24, 2.45) is 0 Å². The van der Waals surface area contributed by atoms with Gasteiger partial charge < -0.3 is 4.90 Å². The van der Waals surface area contributed by atoms with Crippen LogP contribution in [0.4, 0.5) is 11.4 Å². The van der Waals surface area contributed by atoms with Crippen molar-refractivity contribution < 1.29 is 0 Å². The molecule has 1 nitrogen and oxygen atoms in total. The second-order valence-electron chi connectivity index (χ2n) is 16.4. The molecule has 0 saturated carbocycles. The summed E-state index contributed by atoms with van der Waals surface area (Å²) < 4.78 is 0. The number of allylic oxidation sites excluding steroid dienone is 7. The minimum absolute atomic E-state index is 0.272. The van der Waals surface area contributed by atoms with E-state index in [4.69, 9.17) is 0 Å². The number of para-hydroxylation sites is 1. The van der Waals surface area contributed by atoms with Gasteiger partial charge in [0.25, 0.3) is 0 Å². The molecule has 0 amide bonds. The molecule has 1 aliphatic heterocycles. The number of nitrogens with zero attached hydrogens (tertiary/aromatic N) is 1. The largest absolute Gasteiger partial charge is 0.333 e. The van der Waals surface area contributed by atoms with Crippen LogP contribution >= 0.6 is 0 Å². The minimum Gasteiger partial charge on any atom is -0.333 e. The summed E-state index contributed by atoms with van der Waals surface area (Å²) in [6.07, 6.45) is 13.6. The van der Waals surface area contributed by atoms with Crippen molar-refractivity contribution in [2.45, 2.75) is 39.7 Å². The Bertz CT molecular complexity index is 3020. The highest BCUT2D eigenvalue weighted by atomic mass is 15.2. The third-order valence-electron chi connectivity index (χ3n) is 12.3. The fourth-order valence-corrected chi connectivity index (χ4v) is 9.16. The van der Waals surface area contributed by atoms with Crippen LogP contribution in [0.2, 0.25) is 0 Å². The topological polar surface area (TPSA) is 3.24 Å². The number of hydrogen-bond donors (Lipinski definition) is 0. The lowest BCUT2D eigenvalue weighted by Crippen LogP contribution is -2.28. The van der Waals surface area contributed by atoms with E-state index in [0.717, 1.165) is 16.7 Å². The predicted molar refractivity (Wildman–Crippen MR) is 264 cm³/mol. The van der Waals surface area contributed by atoms with Crippen LogP contribution in [0.15, 0.2) is 219 Å². The predicted octanol–water partition coefficient (Wildman–Crippen LogP) is 16.2. The van der Waals surface area contributed by atoms with E-state index in [2.05, 4.69) is 252 Å². The molecule has 0 saturated heterocycles. The van der Waals surface area contributed by atoms with Gasteiger partial charge in [0.1, 0.15) is 0 Å². The summed E-state index contributed by atoms with van der Waals surface area (Å²) >= 11 is 0. The first-order chi connectivity index (χ1) is 29.8. The molecule has 0 bridgehead atoms. The Kier molecular flexibility index (Phi) is 11.0. The van der Waals surface area contributed by atoms with Crippen LogP contribution in [-0.4, -0.2) is 6.04 Å².